The Bertz CT molecular complexity index is 1000. The van der Waals surface area contributed by atoms with Gasteiger partial charge in [0.1, 0.15) is 0 Å². The molecule has 1 atom stereocenters. The number of hydrogen-bond donors (Lipinski definition) is 1. The maximum Gasteiger partial charge on any atom is 0.310 e. The lowest BCUT2D eigenvalue weighted by Crippen LogP contribution is -2.43. The fourth-order valence-corrected chi connectivity index (χ4v) is 4.64. The van der Waals surface area contributed by atoms with E-state index in [2.05, 4.69) is 10.3 Å². The normalized spacial score (nSPS) is 16.9. The van der Waals surface area contributed by atoms with E-state index in [9.17, 15) is 18.0 Å². The number of thiazole rings is 1. The zero-order valence-corrected chi connectivity index (χ0v) is 18.6. The van der Waals surface area contributed by atoms with E-state index in [0.717, 1.165) is 19.1 Å². The van der Waals surface area contributed by atoms with E-state index in [-0.39, 0.29) is 29.1 Å². The van der Waals surface area contributed by atoms with Crippen LogP contribution in [-0.2, 0) is 30.6 Å². The summed E-state index contributed by atoms with van der Waals surface area (Å²) in [6.07, 6.45) is 2.85. The topological polar surface area (TPSA) is 106 Å². The fourth-order valence-electron chi connectivity index (χ4n) is 3.28. The molecular formula is C20H25N3O5S2. The number of carbonyl (C=O) groups is 2. The van der Waals surface area contributed by atoms with Gasteiger partial charge in [-0.3, -0.25) is 9.59 Å². The van der Waals surface area contributed by atoms with Crippen LogP contribution in [-0.4, -0.2) is 56.1 Å². The Hall–Kier alpha value is -2.46. The van der Waals surface area contributed by atoms with Gasteiger partial charge in [0.05, 0.1) is 29.5 Å². The minimum absolute atomic E-state index is 0.0571. The SMILES string of the molecule is CCOC(=O)C1CCCN(C(=O)Cc2csc(Nc3ccc(S(C)(=O)=O)cc3)n2)C1. The molecule has 1 aromatic heterocycles. The average Bonchev–Trinajstić information content (AvgIpc) is 3.14. The molecule has 0 spiro atoms. The Labute approximate surface area is 180 Å². The molecule has 162 valence electrons. The lowest BCUT2D eigenvalue weighted by Gasteiger charge is -2.31. The summed E-state index contributed by atoms with van der Waals surface area (Å²) < 4.78 is 28.2. The van der Waals surface area contributed by atoms with Crippen LogP contribution in [0, 0.1) is 5.92 Å². The molecule has 1 unspecified atom stereocenters. The molecule has 1 saturated heterocycles. The summed E-state index contributed by atoms with van der Waals surface area (Å²) in [7, 11) is -3.24. The number of hydrogen-bond acceptors (Lipinski definition) is 8. The van der Waals surface area contributed by atoms with Gasteiger partial charge in [0.25, 0.3) is 0 Å². The maximum atomic E-state index is 12.7. The van der Waals surface area contributed by atoms with Crippen LogP contribution in [0.4, 0.5) is 10.8 Å². The Kier molecular flexibility index (Phi) is 7.09. The van der Waals surface area contributed by atoms with Crippen molar-refractivity contribution in [2.45, 2.75) is 31.1 Å². The highest BCUT2D eigenvalue weighted by Gasteiger charge is 2.29. The van der Waals surface area contributed by atoms with Gasteiger partial charge in [-0.1, -0.05) is 0 Å². The molecule has 1 amide bonds. The predicted octanol–water partition coefficient (Wildman–Crippen LogP) is 2.63. The van der Waals surface area contributed by atoms with Crippen LogP contribution in [0.25, 0.3) is 0 Å². The number of likely N-dealkylation sites (tertiary alicyclic amines) is 1. The highest BCUT2D eigenvalue weighted by atomic mass is 32.2. The molecule has 30 heavy (non-hydrogen) atoms. The first-order valence-corrected chi connectivity index (χ1v) is 12.5. The highest BCUT2D eigenvalue weighted by Crippen LogP contribution is 2.24. The third-order valence-corrected chi connectivity index (χ3v) is 6.75. The van der Waals surface area contributed by atoms with Crippen LogP contribution in [0.2, 0.25) is 0 Å². The second kappa shape index (κ2) is 9.57. The monoisotopic (exact) mass is 451 g/mol. The van der Waals surface area contributed by atoms with Crippen LogP contribution < -0.4 is 5.32 Å². The standard InChI is InChI=1S/C20H25N3O5S2/c1-3-28-19(25)14-5-4-10-23(12-14)18(24)11-16-13-29-20(22-16)21-15-6-8-17(9-7-15)30(2,26)27/h6-9,13-14H,3-5,10-12H2,1-2H3,(H,21,22). The molecule has 0 bridgehead atoms. The van der Waals surface area contributed by atoms with Crippen molar-refractivity contribution >= 4 is 43.9 Å². The second-order valence-corrected chi connectivity index (χ2v) is 10.0. The van der Waals surface area contributed by atoms with E-state index < -0.39 is 9.84 Å². The van der Waals surface area contributed by atoms with E-state index >= 15 is 0 Å². The van der Waals surface area contributed by atoms with E-state index in [1.807, 2.05) is 5.38 Å². The fraction of sp³-hybridized carbons (Fsp3) is 0.450. The van der Waals surface area contributed by atoms with Crippen molar-refractivity contribution in [1.29, 1.82) is 0 Å². The summed E-state index contributed by atoms with van der Waals surface area (Å²) in [6, 6.07) is 6.41. The second-order valence-electron chi connectivity index (χ2n) is 7.17. The molecule has 10 heteroatoms. The van der Waals surface area contributed by atoms with Crippen LogP contribution in [0.3, 0.4) is 0 Å². The van der Waals surface area contributed by atoms with Gasteiger partial charge in [-0.2, -0.15) is 0 Å². The summed E-state index contributed by atoms with van der Waals surface area (Å²) in [5.74, 6) is -0.555. The van der Waals surface area contributed by atoms with Crippen molar-refractivity contribution in [3.63, 3.8) is 0 Å². The van der Waals surface area contributed by atoms with Crippen molar-refractivity contribution < 1.29 is 22.7 Å². The van der Waals surface area contributed by atoms with Gasteiger partial charge in [0.2, 0.25) is 5.91 Å². The van der Waals surface area contributed by atoms with Gasteiger partial charge in [0, 0.05) is 30.4 Å². The number of esters is 1. The van der Waals surface area contributed by atoms with Crippen molar-refractivity contribution in [2.24, 2.45) is 5.92 Å². The molecule has 2 aromatic rings. The average molecular weight is 452 g/mol. The van der Waals surface area contributed by atoms with Crippen LogP contribution >= 0.6 is 11.3 Å². The zero-order valence-electron chi connectivity index (χ0n) is 17.0. The first-order chi connectivity index (χ1) is 14.3. The number of ether oxygens (including phenoxy) is 1. The number of nitrogens with zero attached hydrogens (tertiary/aromatic N) is 2. The quantitative estimate of drug-likeness (QED) is 0.645. The molecule has 0 aliphatic carbocycles. The Morgan fingerprint density at radius 1 is 1.30 bits per heavy atom. The van der Waals surface area contributed by atoms with Gasteiger partial charge in [-0.05, 0) is 44.0 Å². The summed E-state index contributed by atoms with van der Waals surface area (Å²) in [4.78, 5) is 31.0. The molecule has 0 saturated carbocycles. The third-order valence-electron chi connectivity index (χ3n) is 4.81. The molecule has 2 heterocycles. The van der Waals surface area contributed by atoms with Crippen molar-refractivity contribution in [3.8, 4) is 0 Å². The van der Waals surface area contributed by atoms with Crippen molar-refractivity contribution in [2.75, 3.05) is 31.3 Å². The van der Waals surface area contributed by atoms with Gasteiger partial charge in [-0.15, -0.1) is 11.3 Å². The van der Waals surface area contributed by atoms with Crippen LogP contribution in [0.5, 0.6) is 0 Å². The predicted molar refractivity (Wildman–Crippen MR) is 115 cm³/mol. The number of aromatic nitrogens is 1. The number of amides is 1. The number of anilines is 2. The molecule has 1 aliphatic rings. The van der Waals surface area contributed by atoms with Gasteiger partial charge in [0.15, 0.2) is 15.0 Å². The number of piperidine rings is 1. The Morgan fingerprint density at radius 2 is 2.03 bits per heavy atom. The number of benzene rings is 1. The molecule has 1 fully saturated rings. The van der Waals surface area contributed by atoms with E-state index in [1.165, 1.54) is 23.5 Å². The molecule has 1 N–H and O–H groups in total. The molecule has 8 nitrogen and oxygen atoms in total. The minimum Gasteiger partial charge on any atom is -0.466 e. The summed E-state index contributed by atoms with van der Waals surface area (Å²) >= 11 is 1.37. The molecule has 3 rings (SSSR count). The van der Waals surface area contributed by atoms with E-state index in [0.29, 0.717) is 36.2 Å². The lowest BCUT2D eigenvalue weighted by molar-refractivity contribution is -0.151. The van der Waals surface area contributed by atoms with Gasteiger partial charge >= 0.3 is 5.97 Å². The van der Waals surface area contributed by atoms with Crippen molar-refractivity contribution in [3.05, 3.63) is 35.3 Å². The van der Waals surface area contributed by atoms with E-state index in [1.54, 1.807) is 24.0 Å². The first kappa shape index (κ1) is 22.2. The smallest absolute Gasteiger partial charge is 0.310 e. The summed E-state index contributed by atoms with van der Waals surface area (Å²) in [5, 5.41) is 5.55. The maximum absolute atomic E-state index is 12.7. The van der Waals surface area contributed by atoms with Crippen LogP contribution in [0.1, 0.15) is 25.5 Å². The highest BCUT2D eigenvalue weighted by molar-refractivity contribution is 7.90. The lowest BCUT2D eigenvalue weighted by atomic mass is 9.98. The summed E-state index contributed by atoms with van der Waals surface area (Å²) in [5.41, 5.74) is 1.36. The number of nitrogens with one attached hydrogen (secondary N) is 1. The van der Waals surface area contributed by atoms with Crippen LogP contribution in [0.15, 0.2) is 34.5 Å². The summed E-state index contributed by atoms with van der Waals surface area (Å²) in [6.45, 7) is 3.14. The number of rotatable bonds is 7. The Balaban J connectivity index is 1.57. The van der Waals surface area contributed by atoms with E-state index in [4.69, 9.17) is 4.74 Å². The van der Waals surface area contributed by atoms with Gasteiger partial charge in [-0.25, -0.2) is 13.4 Å². The molecular weight excluding hydrogens is 426 g/mol. The number of sulfone groups is 1. The van der Waals surface area contributed by atoms with Gasteiger partial charge < -0.3 is 15.0 Å². The van der Waals surface area contributed by atoms with Crippen molar-refractivity contribution in [1.82, 2.24) is 9.88 Å². The molecule has 1 aromatic carbocycles. The minimum atomic E-state index is -3.24. The number of carbonyl (C=O) groups excluding carboxylic acids is 2. The molecule has 0 radical (unpaired) electrons. The Morgan fingerprint density at radius 3 is 2.70 bits per heavy atom. The molecule has 1 aliphatic heterocycles. The zero-order chi connectivity index (χ0) is 21.7. The third kappa shape index (κ3) is 5.79. The first-order valence-electron chi connectivity index (χ1n) is 9.72. The largest absolute Gasteiger partial charge is 0.466 e.